The van der Waals surface area contributed by atoms with Gasteiger partial charge in [0.2, 0.25) is 0 Å². The predicted octanol–water partition coefficient (Wildman–Crippen LogP) is 4.14. The summed E-state index contributed by atoms with van der Waals surface area (Å²) in [6.07, 6.45) is -0.580. The fraction of sp³-hybridized carbons (Fsp3) is 0.565. The molecule has 0 amide bonds. The number of anilines is 3. The van der Waals surface area contributed by atoms with Gasteiger partial charge in [-0.25, -0.2) is 9.78 Å². The molecule has 9 nitrogen and oxygen atoms in total. The van der Waals surface area contributed by atoms with Gasteiger partial charge in [-0.2, -0.15) is 10.4 Å². The first-order valence-electron chi connectivity index (χ1n) is 10.7. The summed E-state index contributed by atoms with van der Waals surface area (Å²) in [4.78, 5) is 19.6. The van der Waals surface area contributed by atoms with E-state index in [-0.39, 0.29) is 6.04 Å². The molecule has 0 bridgehead atoms. The molecule has 0 aromatic carbocycles. The molecule has 3 rings (SSSR count). The Morgan fingerprint density at radius 3 is 2.62 bits per heavy atom. The number of hydrogen-bond donors (Lipinski definition) is 1. The highest BCUT2D eigenvalue weighted by Gasteiger charge is 2.27. The normalized spacial score (nSPS) is 17.1. The number of hydrogen-bond acceptors (Lipinski definition) is 8. The Bertz CT molecular complexity index is 1030. The lowest BCUT2D eigenvalue weighted by atomic mass is 9.86. The third-order valence-electron chi connectivity index (χ3n) is 5.13. The number of pyridine rings is 1. The molecule has 0 unspecified atom stereocenters. The molecule has 32 heavy (non-hydrogen) atoms. The van der Waals surface area contributed by atoms with E-state index in [4.69, 9.17) is 14.5 Å². The van der Waals surface area contributed by atoms with Gasteiger partial charge in [-0.05, 0) is 66.2 Å². The van der Waals surface area contributed by atoms with E-state index in [2.05, 4.69) is 28.3 Å². The van der Waals surface area contributed by atoms with E-state index < -0.39 is 17.1 Å². The zero-order valence-electron chi connectivity index (χ0n) is 19.9. The maximum Gasteiger partial charge on any atom is 0.437 e. The van der Waals surface area contributed by atoms with E-state index in [1.807, 2.05) is 26.0 Å². The predicted molar refractivity (Wildman–Crippen MR) is 122 cm³/mol. The van der Waals surface area contributed by atoms with Gasteiger partial charge in [-0.1, -0.05) is 0 Å². The molecule has 172 valence electrons. The number of ether oxygens (including phenoxy) is 2. The quantitative estimate of drug-likeness (QED) is 0.756. The minimum absolute atomic E-state index is 0.152. The van der Waals surface area contributed by atoms with Crippen molar-refractivity contribution in [3.63, 3.8) is 0 Å². The van der Waals surface area contributed by atoms with E-state index in [1.165, 1.54) is 4.68 Å². The monoisotopic (exact) mass is 440 g/mol. The van der Waals surface area contributed by atoms with Gasteiger partial charge in [0.05, 0.1) is 36.4 Å². The van der Waals surface area contributed by atoms with Crippen LogP contribution in [0.5, 0.6) is 0 Å². The number of nitriles is 1. The van der Waals surface area contributed by atoms with Crippen LogP contribution in [-0.4, -0.2) is 52.3 Å². The van der Waals surface area contributed by atoms with Gasteiger partial charge in [0.15, 0.2) is 0 Å². The Morgan fingerprint density at radius 1 is 1.28 bits per heavy atom. The Kier molecular flexibility index (Phi) is 6.46. The topological polar surface area (TPSA) is 105 Å². The largest absolute Gasteiger partial charge is 0.442 e. The Balaban J connectivity index is 2.01. The fourth-order valence-corrected chi connectivity index (χ4v) is 3.38. The lowest BCUT2D eigenvalue weighted by molar-refractivity contribution is 0.0518. The Labute approximate surface area is 189 Å². The van der Waals surface area contributed by atoms with Gasteiger partial charge in [0.1, 0.15) is 23.1 Å². The maximum absolute atomic E-state index is 12.7. The molecule has 1 fully saturated rings. The molecule has 2 aromatic rings. The van der Waals surface area contributed by atoms with Crippen LogP contribution in [0.15, 0.2) is 18.2 Å². The second-order valence-electron chi connectivity index (χ2n) is 9.64. The summed E-state index contributed by atoms with van der Waals surface area (Å²) in [6.45, 7) is 15.0. The summed E-state index contributed by atoms with van der Waals surface area (Å²) >= 11 is 0. The molecule has 1 aliphatic heterocycles. The average molecular weight is 441 g/mol. The van der Waals surface area contributed by atoms with Crippen LogP contribution in [0, 0.1) is 18.3 Å². The number of aromatic nitrogens is 3. The van der Waals surface area contributed by atoms with E-state index in [1.54, 1.807) is 33.8 Å². The molecule has 1 aliphatic rings. The molecule has 1 N–H and O–H groups in total. The lowest BCUT2D eigenvalue weighted by Crippen LogP contribution is -2.44. The van der Waals surface area contributed by atoms with Gasteiger partial charge in [-0.15, -0.1) is 4.68 Å². The number of nitrogens with one attached hydrogen (secondary N) is 1. The molecule has 0 aliphatic carbocycles. The van der Waals surface area contributed by atoms with E-state index >= 15 is 0 Å². The van der Waals surface area contributed by atoms with Crippen LogP contribution in [0.2, 0.25) is 0 Å². The van der Waals surface area contributed by atoms with Crippen molar-refractivity contribution in [2.24, 2.45) is 0 Å². The average Bonchev–Trinajstić information content (AvgIpc) is 3.07. The van der Waals surface area contributed by atoms with Crippen molar-refractivity contribution in [1.29, 1.82) is 5.26 Å². The zero-order valence-corrected chi connectivity index (χ0v) is 19.9. The van der Waals surface area contributed by atoms with Crippen molar-refractivity contribution in [3.8, 4) is 6.07 Å². The van der Waals surface area contributed by atoms with Crippen LogP contribution in [0.1, 0.15) is 52.8 Å². The SMILES string of the molecule is Cc1cc(Nc2cc(C(C)(C)C#N)cc(N3CCOC[C@H]3C)n2)n(C(=O)OC(C)(C)C)n1. The number of carbonyl (C=O) groups excluding carboxylic acids is 1. The number of nitrogens with zero attached hydrogens (tertiary/aromatic N) is 5. The number of aryl methyl sites for hydroxylation is 1. The molecule has 0 radical (unpaired) electrons. The highest BCUT2D eigenvalue weighted by atomic mass is 16.6. The van der Waals surface area contributed by atoms with Gasteiger partial charge < -0.3 is 19.7 Å². The molecule has 9 heteroatoms. The summed E-state index contributed by atoms with van der Waals surface area (Å²) in [5.41, 5.74) is 0.119. The second-order valence-corrected chi connectivity index (χ2v) is 9.64. The number of rotatable bonds is 4. The van der Waals surface area contributed by atoms with Gasteiger partial charge >= 0.3 is 6.09 Å². The van der Waals surface area contributed by atoms with Gasteiger partial charge in [-0.3, -0.25) is 0 Å². The molecule has 0 spiro atoms. The molecule has 1 saturated heterocycles. The molecular weight excluding hydrogens is 408 g/mol. The second kappa shape index (κ2) is 8.79. The maximum atomic E-state index is 12.7. The molecule has 0 saturated carbocycles. The van der Waals surface area contributed by atoms with Crippen LogP contribution in [0.25, 0.3) is 0 Å². The molecular formula is C23H32N6O3. The van der Waals surface area contributed by atoms with Crippen LogP contribution in [0.4, 0.5) is 22.2 Å². The van der Waals surface area contributed by atoms with E-state index in [9.17, 15) is 10.1 Å². The summed E-state index contributed by atoms with van der Waals surface area (Å²) in [5, 5.41) is 17.2. The zero-order chi connectivity index (χ0) is 23.7. The van der Waals surface area contributed by atoms with Crippen molar-refractivity contribution < 1.29 is 14.3 Å². The van der Waals surface area contributed by atoms with Gasteiger partial charge in [0.25, 0.3) is 0 Å². The lowest BCUT2D eigenvalue weighted by Gasteiger charge is -2.35. The van der Waals surface area contributed by atoms with Crippen molar-refractivity contribution in [2.45, 2.75) is 65.5 Å². The van der Waals surface area contributed by atoms with Crippen LogP contribution in [-0.2, 0) is 14.9 Å². The van der Waals surface area contributed by atoms with Crippen molar-refractivity contribution in [3.05, 3.63) is 29.5 Å². The summed E-state index contributed by atoms with van der Waals surface area (Å²) < 4.78 is 12.2. The number of morpholine rings is 1. The summed E-state index contributed by atoms with van der Waals surface area (Å²) in [5.74, 6) is 1.71. The third kappa shape index (κ3) is 5.37. The molecule has 3 heterocycles. The van der Waals surface area contributed by atoms with Crippen molar-refractivity contribution in [1.82, 2.24) is 14.8 Å². The first kappa shape index (κ1) is 23.5. The minimum Gasteiger partial charge on any atom is -0.442 e. The van der Waals surface area contributed by atoms with Gasteiger partial charge in [0, 0.05) is 12.6 Å². The Hall–Kier alpha value is -3.12. The van der Waals surface area contributed by atoms with Crippen molar-refractivity contribution >= 4 is 23.5 Å². The minimum atomic E-state index is -0.717. The van der Waals surface area contributed by atoms with Crippen LogP contribution >= 0.6 is 0 Å². The Morgan fingerprint density at radius 2 is 2.00 bits per heavy atom. The molecule has 2 aromatic heterocycles. The highest BCUT2D eigenvalue weighted by molar-refractivity contribution is 5.76. The van der Waals surface area contributed by atoms with E-state index in [0.29, 0.717) is 37.1 Å². The smallest absolute Gasteiger partial charge is 0.437 e. The summed E-state index contributed by atoms with van der Waals surface area (Å²) in [7, 11) is 0. The van der Waals surface area contributed by atoms with E-state index in [0.717, 1.165) is 11.4 Å². The number of carbonyl (C=O) groups is 1. The highest BCUT2D eigenvalue weighted by Crippen LogP contribution is 2.31. The van der Waals surface area contributed by atoms with Crippen molar-refractivity contribution in [2.75, 3.05) is 30.0 Å². The standard InChI is InChI=1S/C23H32N6O3/c1-15-10-20(29(27-15)21(30)32-22(3,4)5)26-18-11-17(23(6,7)14-24)12-19(25-18)28-8-9-31-13-16(28)2/h10-12,16H,8-9,13H2,1-7H3,(H,25,26)/t16-/m1/s1. The first-order chi connectivity index (χ1) is 14.9. The fourth-order valence-electron chi connectivity index (χ4n) is 3.38. The van der Waals surface area contributed by atoms with Crippen LogP contribution < -0.4 is 10.2 Å². The third-order valence-corrected chi connectivity index (χ3v) is 5.13. The first-order valence-corrected chi connectivity index (χ1v) is 10.7. The molecule has 1 atom stereocenters. The summed E-state index contributed by atoms with van der Waals surface area (Å²) in [6, 6.07) is 8.05. The van der Waals surface area contributed by atoms with Crippen LogP contribution in [0.3, 0.4) is 0 Å².